The maximum Gasteiger partial charge on any atom is 0.237 e. The van der Waals surface area contributed by atoms with E-state index in [0.717, 1.165) is 23.1 Å². The summed E-state index contributed by atoms with van der Waals surface area (Å²) in [6, 6.07) is 7.95. The summed E-state index contributed by atoms with van der Waals surface area (Å²) >= 11 is 0. The topological polar surface area (TPSA) is 47.3 Å². The number of ether oxygens (including phenoxy) is 1. The summed E-state index contributed by atoms with van der Waals surface area (Å²) < 4.78 is 11.0. The van der Waals surface area contributed by atoms with Gasteiger partial charge in [-0.2, -0.15) is 0 Å². The average Bonchev–Trinajstić information content (AvgIpc) is 2.99. The number of furan rings is 1. The third-order valence-electron chi connectivity index (χ3n) is 3.57. The maximum absolute atomic E-state index is 5.85. The van der Waals surface area contributed by atoms with Crippen LogP contribution in [-0.2, 0) is 6.54 Å². The SMILES string of the molecule is COc1ncccc1NCc1ccc(C2CC2C)o1. The molecule has 1 N–H and O–H groups in total. The van der Waals surface area contributed by atoms with E-state index >= 15 is 0 Å². The molecule has 1 aliphatic carbocycles. The molecule has 2 unspecified atom stereocenters. The Kier molecular flexibility index (Phi) is 3.15. The Morgan fingerprint density at radius 1 is 1.42 bits per heavy atom. The summed E-state index contributed by atoms with van der Waals surface area (Å²) in [4.78, 5) is 4.15. The summed E-state index contributed by atoms with van der Waals surface area (Å²) in [5.41, 5.74) is 0.878. The molecule has 1 aliphatic rings. The molecule has 100 valence electrons. The Morgan fingerprint density at radius 2 is 2.26 bits per heavy atom. The van der Waals surface area contributed by atoms with Crippen LogP contribution in [0.3, 0.4) is 0 Å². The predicted molar refractivity (Wildman–Crippen MR) is 73.3 cm³/mol. The number of nitrogens with one attached hydrogen (secondary N) is 1. The number of anilines is 1. The van der Waals surface area contributed by atoms with E-state index in [1.807, 2.05) is 18.2 Å². The van der Waals surface area contributed by atoms with Crippen LogP contribution in [0, 0.1) is 5.92 Å². The van der Waals surface area contributed by atoms with Gasteiger partial charge in [-0.3, -0.25) is 0 Å². The van der Waals surface area contributed by atoms with E-state index in [1.165, 1.54) is 6.42 Å². The van der Waals surface area contributed by atoms with Crippen LogP contribution < -0.4 is 10.1 Å². The molecule has 2 atom stereocenters. The van der Waals surface area contributed by atoms with Crippen molar-refractivity contribution in [1.29, 1.82) is 0 Å². The van der Waals surface area contributed by atoms with E-state index in [9.17, 15) is 0 Å². The lowest BCUT2D eigenvalue weighted by molar-refractivity contribution is 0.399. The number of hydrogen-bond acceptors (Lipinski definition) is 4. The van der Waals surface area contributed by atoms with E-state index in [1.54, 1.807) is 13.3 Å². The molecule has 2 aromatic heterocycles. The van der Waals surface area contributed by atoms with Gasteiger partial charge in [0.1, 0.15) is 11.5 Å². The van der Waals surface area contributed by atoms with Gasteiger partial charge in [0.05, 0.1) is 19.3 Å². The molecule has 4 nitrogen and oxygen atoms in total. The standard InChI is InChI=1S/C15H18N2O2/c1-10-8-12(10)14-6-5-11(19-14)9-17-13-4-3-7-16-15(13)18-2/h3-7,10,12,17H,8-9H2,1-2H3. The van der Waals surface area contributed by atoms with Crippen LogP contribution in [0.25, 0.3) is 0 Å². The third kappa shape index (κ3) is 2.57. The molecule has 1 fully saturated rings. The summed E-state index contributed by atoms with van der Waals surface area (Å²) in [7, 11) is 1.62. The Balaban J connectivity index is 1.64. The van der Waals surface area contributed by atoms with Crippen LogP contribution in [0.15, 0.2) is 34.9 Å². The van der Waals surface area contributed by atoms with Gasteiger partial charge >= 0.3 is 0 Å². The minimum absolute atomic E-state index is 0.602. The summed E-state index contributed by atoms with van der Waals surface area (Å²) in [6.07, 6.45) is 2.96. The first kappa shape index (κ1) is 12.1. The number of rotatable bonds is 5. The lowest BCUT2D eigenvalue weighted by Crippen LogP contribution is -2.01. The van der Waals surface area contributed by atoms with Crippen LogP contribution in [0.1, 0.15) is 30.8 Å². The van der Waals surface area contributed by atoms with Crippen molar-refractivity contribution in [2.24, 2.45) is 5.92 Å². The third-order valence-corrected chi connectivity index (χ3v) is 3.57. The Bertz CT molecular complexity index is 565. The zero-order valence-corrected chi connectivity index (χ0v) is 11.2. The van der Waals surface area contributed by atoms with Gasteiger partial charge < -0.3 is 14.5 Å². The molecule has 0 saturated heterocycles. The summed E-state index contributed by atoms with van der Waals surface area (Å²) in [6.45, 7) is 2.90. The minimum Gasteiger partial charge on any atom is -0.480 e. The van der Waals surface area contributed by atoms with Crippen LogP contribution in [0.2, 0.25) is 0 Å². The van der Waals surface area contributed by atoms with Gasteiger partial charge in [-0.15, -0.1) is 0 Å². The second-order valence-electron chi connectivity index (χ2n) is 5.04. The fourth-order valence-corrected chi connectivity index (χ4v) is 2.28. The fraction of sp³-hybridized carbons (Fsp3) is 0.400. The van der Waals surface area contributed by atoms with E-state index in [2.05, 4.69) is 23.3 Å². The number of methoxy groups -OCH3 is 1. The quantitative estimate of drug-likeness (QED) is 0.892. The number of pyridine rings is 1. The highest BCUT2D eigenvalue weighted by Gasteiger charge is 2.36. The van der Waals surface area contributed by atoms with Crippen LogP contribution in [0.4, 0.5) is 5.69 Å². The fourth-order valence-electron chi connectivity index (χ4n) is 2.28. The highest BCUT2D eigenvalue weighted by atomic mass is 16.5. The smallest absolute Gasteiger partial charge is 0.237 e. The molecule has 0 bridgehead atoms. The molecule has 0 aliphatic heterocycles. The molecule has 4 heteroatoms. The molecular formula is C15H18N2O2. The Labute approximate surface area is 112 Å². The lowest BCUT2D eigenvalue weighted by atomic mass is 10.3. The van der Waals surface area contributed by atoms with Gasteiger partial charge in [0, 0.05) is 12.1 Å². The Morgan fingerprint density at radius 3 is 3.00 bits per heavy atom. The first-order chi connectivity index (χ1) is 9.28. The second kappa shape index (κ2) is 4.96. The van der Waals surface area contributed by atoms with Gasteiger partial charge in [-0.05, 0) is 36.6 Å². The molecule has 0 radical (unpaired) electrons. The summed E-state index contributed by atoms with van der Waals surface area (Å²) in [5.74, 6) is 4.06. The largest absolute Gasteiger partial charge is 0.480 e. The van der Waals surface area contributed by atoms with Gasteiger partial charge in [0.25, 0.3) is 0 Å². The highest BCUT2D eigenvalue weighted by Crippen LogP contribution is 2.47. The molecule has 2 aromatic rings. The predicted octanol–water partition coefficient (Wildman–Crippen LogP) is 3.42. The zero-order valence-electron chi connectivity index (χ0n) is 11.2. The number of hydrogen-bond donors (Lipinski definition) is 1. The normalized spacial score (nSPS) is 21.2. The summed E-state index contributed by atoms with van der Waals surface area (Å²) in [5, 5.41) is 3.28. The van der Waals surface area contributed by atoms with E-state index in [4.69, 9.17) is 9.15 Å². The van der Waals surface area contributed by atoms with Crippen LogP contribution >= 0.6 is 0 Å². The van der Waals surface area contributed by atoms with E-state index in [0.29, 0.717) is 18.3 Å². The van der Waals surface area contributed by atoms with Gasteiger partial charge in [0.2, 0.25) is 5.88 Å². The van der Waals surface area contributed by atoms with Crippen molar-refractivity contribution in [3.63, 3.8) is 0 Å². The highest BCUT2D eigenvalue weighted by molar-refractivity contribution is 5.51. The number of nitrogens with zero attached hydrogens (tertiary/aromatic N) is 1. The van der Waals surface area contributed by atoms with Crippen molar-refractivity contribution < 1.29 is 9.15 Å². The second-order valence-corrected chi connectivity index (χ2v) is 5.04. The molecule has 0 amide bonds. The van der Waals surface area contributed by atoms with Crippen LogP contribution in [-0.4, -0.2) is 12.1 Å². The molecular weight excluding hydrogens is 240 g/mol. The van der Waals surface area contributed by atoms with Crippen molar-refractivity contribution >= 4 is 5.69 Å². The Hall–Kier alpha value is -1.97. The zero-order chi connectivity index (χ0) is 13.2. The maximum atomic E-state index is 5.85. The number of aromatic nitrogens is 1. The van der Waals surface area contributed by atoms with Crippen molar-refractivity contribution in [2.75, 3.05) is 12.4 Å². The first-order valence-corrected chi connectivity index (χ1v) is 6.59. The van der Waals surface area contributed by atoms with Gasteiger partial charge in [-0.1, -0.05) is 6.92 Å². The molecule has 3 rings (SSSR count). The lowest BCUT2D eigenvalue weighted by Gasteiger charge is -2.08. The van der Waals surface area contributed by atoms with Gasteiger partial charge in [0.15, 0.2) is 0 Å². The average molecular weight is 258 g/mol. The molecule has 0 spiro atoms. The van der Waals surface area contributed by atoms with E-state index in [-0.39, 0.29) is 0 Å². The van der Waals surface area contributed by atoms with Crippen molar-refractivity contribution in [2.45, 2.75) is 25.8 Å². The van der Waals surface area contributed by atoms with Crippen molar-refractivity contribution in [3.05, 3.63) is 42.0 Å². The minimum atomic E-state index is 0.602. The monoisotopic (exact) mass is 258 g/mol. The molecule has 0 aromatic carbocycles. The van der Waals surface area contributed by atoms with Crippen molar-refractivity contribution in [1.82, 2.24) is 4.98 Å². The molecule has 2 heterocycles. The van der Waals surface area contributed by atoms with Crippen LogP contribution in [0.5, 0.6) is 5.88 Å². The van der Waals surface area contributed by atoms with Crippen molar-refractivity contribution in [3.8, 4) is 5.88 Å². The molecule has 19 heavy (non-hydrogen) atoms. The van der Waals surface area contributed by atoms with Gasteiger partial charge in [-0.25, -0.2) is 4.98 Å². The first-order valence-electron chi connectivity index (χ1n) is 6.59. The van der Waals surface area contributed by atoms with E-state index < -0.39 is 0 Å². The molecule has 1 saturated carbocycles.